The van der Waals surface area contributed by atoms with Gasteiger partial charge in [0, 0.05) is 89.5 Å². The fraction of sp³-hybridized carbons (Fsp3) is 0.605. The number of anilines is 3. The summed E-state index contributed by atoms with van der Waals surface area (Å²) < 4.78 is 0. The van der Waals surface area contributed by atoms with E-state index in [1.165, 1.54) is 68.6 Å². The molecule has 2 saturated heterocycles. The molecule has 0 saturated carbocycles. The van der Waals surface area contributed by atoms with Crippen molar-refractivity contribution in [2.24, 2.45) is 11.8 Å². The SMILES string of the molecule is CC.CC.CCC(C)C(C)C=C=O.CNC(C)=O.CNc1ccc(N2CCC(N3CCN(c4ccc(C)cc4)CC3)CC2)cc1. The molecule has 2 aliphatic heterocycles. The van der Waals surface area contributed by atoms with Crippen molar-refractivity contribution in [1.29, 1.82) is 0 Å². The Labute approximate surface area is 276 Å². The Morgan fingerprint density at radius 3 is 1.69 bits per heavy atom. The highest BCUT2D eigenvalue weighted by molar-refractivity contribution is 5.72. The van der Waals surface area contributed by atoms with Crippen LogP contribution in [0.15, 0.2) is 54.6 Å². The number of amides is 1. The summed E-state index contributed by atoms with van der Waals surface area (Å²) in [4.78, 5) is 27.4. The van der Waals surface area contributed by atoms with Gasteiger partial charge in [0.15, 0.2) is 0 Å². The van der Waals surface area contributed by atoms with Gasteiger partial charge in [0.1, 0.15) is 5.94 Å². The van der Waals surface area contributed by atoms with Crippen molar-refractivity contribution in [3.63, 3.8) is 0 Å². The van der Waals surface area contributed by atoms with Crippen LogP contribution >= 0.6 is 0 Å². The number of carbonyl (C=O) groups is 1. The molecule has 7 nitrogen and oxygen atoms in total. The van der Waals surface area contributed by atoms with Crippen LogP contribution in [-0.2, 0) is 9.59 Å². The number of carbonyl (C=O) groups excluding carboxylic acids is 2. The highest BCUT2D eigenvalue weighted by atomic mass is 16.1. The van der Waals surface area contributed by atoms with Crippen LogP contribution < -0.4 is 20.4 Å². The number of benzene rings is 2. The summed E-state index contributed by atoms with van der Waals surface area (Å²) in [5.74, 6) is 2.80. The minimum Gasteiger partial charge on any atom is -0.388 e. The second-order valence-corrected chi connectivity index (χ2v) is 11.2. The van der Waals surface area contributed by atoms with E-state index < -0.39 is 0 Å². The summed E-state index contributed by atoms with van der Waals surface area (Å²) in [6.07, 6.45) is 5.27. The van der Waals surface area contributed by atoms with Crippen molar-refractivity contribution in [1.82, 2.24) is 10.2 Å². The molecule has 0 bridgehead atoms. The number of nitrogens with one attached hydrogen (secondary N) is 2. The third-order valence-corrected chi connectivity index (χ3v) is 8.44. The molecular weight excluding hydrogens is 558 g/mol. The van der Waals surface area contributed by atoms with E-state index >= 15 is 0 Å². The fourth-order valence-electron chi connectivity index (χ4n) is 5.07. The Morgan fingerprint density at radius 2 is 1.29 bits per heavy atom. The highest BCUT2D eigenvalue weighted by Crippen LogP contribution is 2.25. The molecule has 2 aliphatic rings. The molecule has 45 heavy (non-hydrogen) atoms. The van der Waals surface area contributed by atoms with E-state index in [1.54, 1.807) is 13.1 Å². The molecule has 2 heterocycles. The van der Waals surface area contributed by atoms with Gasteiger partial charge in [-0.3, -0.25) is 9.69 Å². The maximum atomic E-state index is 9.86. The first-order chi connectivity index (χ1) is 21.7. The van der Waals surface area contributed by atoms with Crippen LogP contribution in [0.3, 0.4) is 0 Å². The zero-order valence-electron chi connectivity index (χ0n) is 30.5. The van der Waals surface area contributed by atoms with E-state index in [0.717, 1.165) is 25.6 Å². The molecule has 2 unspecified atom stereocenters. The van der Waals surface area contributed by atoms with Crippen molar-refractivity contribution >= 4 is 28.9 Å². The van der Waals surface area contributed by atoms with E-state index in [1.807, 2.05) is 47.6 Å². The van der Waals surface area contributed by atoms with Gasteiger partial charge in [0.05, 0.1) is 0 Å². The smallest absolute Gasteiger partial charge is 0.216 e. The lowest BCUT2D eigenvalue weighted by Crippen LogP contribution is -2.53. The molecule has 2 atom stereocenters. The Hall–Kier alpha value is -3.28. The van der Waals surface area contributed by atoms with Gasteiger partial charge >= 0.3 is 0 Å². The maximum absolute atomic E-state index is 9.86. The average Bonchev–Trinajstić information content (AvgIpc) is 3.11. The highest BCUT2D eigenvalue weighted by Gasteiger charge is 2.27. The van der Waals surface area contributed by atoms with Gasteiger partial charge in [-0.05, 0) is 68.0 Å². The summed E-state index contributed by atoms with van der Waals surface area (Å²) in [6.45, 7) is 24.9. The number of aryl methyl sites for hydroxylation is 1. The summed E-state index contributed by atoms with van der Waals surface area (Å²) in [5.41, 5.74) is 5.25. The zero-order chi connectivity index (χ0) is 34.2. The molecule has 254 valence electrons. The lowest BCUT2D eigenvalue weighted by atomic mass is 9.94. The fourth-order valence-corrected chi connectivity index (χ4v) is 5.07. The molecule has 4 rings (SSSR count). The Balaban J connectivity index is 0.000000896. The summed E-state index contributed by atoms with van der Waals surface area (Å²) in [7, 11) is 3.57. The van der Waals surface area contributed by atoms with Crippen molar-refractivity contribution in [2.75, 3.05) is 68.5 Å². The minimum absolute atomic E-state index is 0.00463. The Bertz CT molecular complexity index is 1050. The van der Waals surface area contributed by atoms with Crippen molar-refractivity contribution < 1.29 is 9.59 Å². The van der Waals surface area contributed by atoms with Crippen LogP contribution in [0.25, 0.3) is 0 Å². The van der Waals surface area contributed by atoms with Gasteiger partial charge < -0.3 is 20.4 Å². The van der Waals surface area contributed by atoms with Crippen LogP contribution in [0.5, 0.6) is 0 Å². The van der Waals surface area contributed by atoms with Gasteiger partial charge in [-0.25, -0.2) is 4.79 Å². The Morgan fingerprint density at radius 1 is 0.844 bits per heavy atom. The van der Waals surface area contributed by atoms with E-state index in [-0.39, 0.29) is 5.91 Å². The first-order valence-electron chi connectivity index (χ1n) is 17.2. The minimum atomic E-state index is 0.00463. The normalized spacial score (nSPS) is 15.8. The molecule has 2 fully saturated rings. The molecule has 2 aromatic carbocycles. The quantitative estimate of drug-likeness (QED) is 0.308. The predicted octanol–water partition coefficient (Wildman–Crippen LogP) is 7.69. The number of piperazine rings is 1. The van der Waals surface area contributed by atoms with Gasteiger partial charge in [-0.2, -0.15) is 0 Å². The number of hydrogen-bond donors (Lipinski definition) is 2. The van der Waals surface area contributed by atoms with Crippen LogP contribution in [0.1, 0.15) is 80.2 Å². The second kappa shape index (κ2) is 25.0. The van der Waals surface area contributed by atoms with Gasteiger partial charge in [-0.15, -0.1) is 0 Å². The molecule has 0 aromatic heterocycles. The van der Waals surface area contributed by atoms with E-state index in [2.05, 4.69) is 94.6 Å². The Kier molecular flexibility index (Phi) is 23.2. The number of piperidine rings is 1. The monoisotopic (exact) mass is 624 g/mol. The lowest BCUT2D eigenvalue weighted by Gasteiger charge is -2.43. The van der Waals surface area contributed by atoms with Gasteiger partial charge in [-0.1, -0.05) is 72.6 Å². The number of nitrogens with zero attached hydrogens (tertiary/aromatic N) is 3. The lowest BCUT2D eigenvalue weighted by molar-refractivity contribution is -0.118. The predicted molar refractivity (Wildman–Crippen MR) is 198 cm³/mol. The standard InChI is InChI=1S/C23H32N4.C8H14O.C3H7NO.2C2H6/c1-19-3-7-21(8-4-19)26-15-17-27(18-16-26)23-11-13-25(14-12-23)22-9-5-20(24-2)6-10-22;1-4-7(2)8(3)5-6-9;1-3(5)4-2;2*1-2/h3-10,23-24H,11-18H2,1-2H3;5,7-8H,4H2,1-3H3;1-2H3,(H,4,5);2*1-2H3. The van der Waals surface area contributed by atoms with Crippen LogP contribution in [0, 0.1) is 18.8 Å². The molecule has 0 radical (unpaired) electrons. The zero-order valence-corrected chi connectivity index (χ0v) is 30.5. The van der Waals surface area contributed by atoms with Crippen LogP contribution in [-0.4, -0.2) is 76.2 Å². The molecular formula is C38H65N5O2. The van der Waals surface area contributed by atoms with E-state index in [9.17, 15) is 9.59 Å². The number of rotatable bonds is 7. The van der Waals surface area contributed by atoms with Crippen molar-refractivity contribution in [3.8, 4) is 0 Å². The van der Waals surface area contributed by atoms with Crippen molar-refractivity contribution in [3.05, 3.63) is 60.2 Å². The molecule has 7 heteroatoms. The van der Waals surface area contributed by atoms with Gasteiger partial charge in [0.2, 0.25) is 5.91 Å². The number of hydrogen-bond acceptors (Lipinski definition) is 6. The van der Waals surface area contributed by atoms with E-state index in [0.29, 0.717) is 11.8 Å². The summed E-state index contributed by atoms with van der Waals surface area (Å²) in [5, 5.41) is 5.58. The van der Waals surface area contributed by atoms with E-state index in [4.69, 9.17) is 0 Å². The molecule has 2 N–H and O–H groups in total. The summed E-state index contributed by atoms with van der Waals surface area (Å²) >= 11 is 0. The maximum Gasteiger partial charge on any atom is 0.216 e. The molecule has 2 aromatic rings. The van der Waals surface area contributed by atoms with Crippen LogP contribution in [0.4, 0.5) is 17.1 Å². The van der Waals surface area contributed by atoms with Crippen molar-refractivity contribution in [2.45, 2.75) is 87.6 Å². The van der Waals surface area contributed by atoms with Crippen LogP contribution in [0.2, 0.25) is 0 Å². The largest absolute Gasteiger partial charge is 0.388 e. The topological polar surface area (TPSA) is 67.9 Å². The first-order valence-corrected chi connectivity index (χ1v) is 17.2. The first kappa shape index (κ1) is 41.7. The molecule has 1 amide bonds. The summed E-state index contributed by atoms with van der Waals surface area (Å²) in [6, 6.07) is 18.6. The molecule has 0 aliphatic carbocycles. The third-order valence-electron chi connectivity index (χ3n) is 8.44. The third kappa shape index (κ3) is 16.0. The second-order valence-electron chi connectivity index (χ2n) is 11.2. The molecule has 0 spiro atoms. The van der Waals surface area contributed by atoms with Gasteiger partial charge in [0.25, 0.3) is 0 Å². The number of allylic oxidation sites excluding steroid dienone is 1. The average molecular weight is 624 g/mol.